The Balaban J connectivity index is 2.00. The summed E-state index contributed by atoms with van der Waals surface area (Å²) in [5, 5.41) is 11.9. The molecule has 0 bridgehead atoms. The monoisotopic (exact) mass is 262 g/mol. The van der Waals surface area contributed by atoms with Gasteiger partial charge < -0.3 is 10.2 Å². The molecule has 1 heterocycles. The van der Waals surface area contributed by atoms with Gasteiger partial charge in [-0.2, -0.15) is 5.10 Å². The van der Waals surface area contributed by atoms with E-state index < -0.39 is 0 Å². The van der Waals surface area contributed by atoms with Gasteiger partial charge in [0.2, 0.25) is 0 Å². The van der Waals surface area contributed by atoms with Crippen molar-refractivity contribution in [2.24, 2.45) is 5.92 Å². The molecule has 1 N–H and O–H groups in total. The second-order valence-electron chi connectivity index (χ2n) is 5.60. The molecule has 2 unspecified atom stereocenters. The molecule has 0 aromatic carbocycles. The number of hydrogen-bond acceptors (Lipinski definition) is 4. The molecule has 1 aliphatic carbocycles. The van der Waals surface area contributed by atoms with E-state index in [9.17, 15) is 0 Å². The highest BCUT2D eigenvalue weighted by atomic mass is 15.3. The lowest BCUT2D eigenvalue weighted by molar-refractivity contribution is 0.320. The topological polar surface area (TPSA) is 41.0 Å². The van der Waals surface area contributed by atoms with Crippen LogP contribution in [-0.4, -0.2) is 29.8 Å². The van der Waals surface area contributed by atoms with E-state index in [-0.39, 0.29) is 0 Å². The second-order valence-corrected chi connectivity index (χ2v) is 5.60. The average molecular weight is 262 g/mol. The van der Waals surface area contributed by atoms with Gasteiger partial charge in [0.25, 0.3) is 0 Å². The number of rotatable bonds is 5. The molecule has 4 heteroatoms. The Morgan fingerprint density at radius 2 is 2.05 bits per heavy atom. The molecule has 0 radical (unpaired) electrons. The Bertz CT molecular complexity index is 376. The maximum atomic E-state index is 4.38. The van der Waals surface area contributed by atoms with Crippen LogP contribution >= 0.6 is 0 Å². The van der Waals surface area contributed by atoms with Gasteiger partial charge in [-0.25, -0.2) is 0 Å². The van der Waals surface area contributed by atoms with E-state index in [4.69, 9.17) is 0 Å². The highest BCUT2D eigenvalue weighted by Crippen LogP contribution is 2.29. The second kappa shape index (κ2) is 6.85. The van der Waals surface area contributed by atoms with E-state index in [1.165, 1.54) is 25.7 Å². The molecule has 1 saturated carbocycles. The molecule has 2 atom stereocenters. The summed E-state index contributed by atoms with van der Waals surface area (Å²) in [6, 6.07) is 4.79. The van der Waals surface area contributed by atoms with Crippen LogP contribution in [0, 0.1) is 5.92 Å². The maximum Gasteiger partial charge on any atom is 0.151 e. The smallest absolute Gasteiger partial charge is 0.151 e. The van der Waals surface area contributed by atoms with Crippen LogP contribution in [0.15, 0.2) is 12.1 Å². The average Bonchev–Trinajstić information content (AvgIpc) is 2.45. The number of hydrogen-bond donors (Lipinski definition) is 1. The third-order valence-electron chi connectivity index (χ3n) is 4.19. The molecule has 1 aromatic rings. The largest absolute Gasteiger partial charge is 0.355 e. The zero-order valence-electron chi connectivity index (χ0n) is 12.4. The summed E-state index contributed by atoms with van der Waals surface area (Å²) in [5.74, 6) is 1.75. The van der Waals surface area contributed by atoms with Gasteiger partial charge in [-0.05, 0) is 37.4 Å². The van der Waals surface area contributed by atoms with Gasteiger partial charge in [-0.1, -0.05) is 26.7 Å². The Labute approximate surface area is 116 Å². The Morgan fingerprint density at radius 1 is 1.26 bits per heavy atom. The molecule has 0 amide bonds. The van der Waals surface area contributed by atoms with Crippen LogP contribution in [0.1, 0.15) is 45.2 Å². The molecule has 1 fully saturated rings. The van der Waals surface area contributed by atoms with E-state index in [2.05, 4.69) is 53.4 Å². The van der Waals surface area contributed by atoms with E-state index in [1.807, 2.05) is 0 Å². The molecule has 0 saturated heterocycles. The van der Waals surface area contributed by atoms with Crippen LogP contribution in [0.2, 0.25) is 0 Å². The molecule has 0 spiro atoms. The third-order valence-corrected chi connectivity index (χ3v) is 4.19. The van der Waals surface area contributed by atoms with Crippen LogP contribution in [0.25, 0.3) is 0 Å². The van der Waals surface area contributed by atoms with E-state index >= 15 is 0 Å². The Morgan fingerprint density at radius 3 is 2.68 bits per heavy atom. The lowest BCUT2D eigenvalue weighted by atomic mass is 9.85. The fourth-order valence-corrected chi connectivity index (χ4v) is 2.93. The van der Waals surface area contributed by atoms with Crippen molar-refractivity contribution in [3.05, 3.63) is 17.8 Å². The summed E-state index contributed by atoms with van der Waals surface area (Å²) in [7, 11) is 2.15. The Hall–Kier alpha value is -1.16. The van der Waals surface area contributed by atoms with Gasteiger partial charge in [0, 0.05) is 19.6 Å². The van der Waals surface area contributed by atoms with Gasteiger partial charge in [0.05, 0.1) is 5.69 Å². The molecule has 4 nitrogen and oxygen atoms in total. The van der Waals surface area contributed by atoms with Crippen molar-refractivity contribution >= 4 is 5.82 Å². The SMILES string of the molecule is CCNCc1ccc(N(C)C2CCCCC2C)nn1. The van der Waals surface area contributed by atoms with Crippen LogP contribution < -0.4 is 10.2 Å². The van der Waals surface area contributed by atoms with Gasteiger partial charge in [0.15, 0.2) is 5.82 Å². The van der Waals surface area contributed by atoms with Crippen LogP contribution in [0.5, 0.6) is 0 Å². The van der Waals surface area contributed by atoms with Crippen LogP contribution in [0.3, 0.4) is 0 Å². The summed E-state index contributed by atoms with van der Waals surface area (Å²) in [5.41, 5.74) is 1.01. The van der Waals surface area contributed by atoms with Crippen molar-refractivity contribution in [2.45, 2.75) is 52.1 Å². The minimum Gasteiger partial charge on any atom is -0.355 e. The van der Waals surface area contributed by atoms with Crippen molar-refractivity contribution in [1.82, 2.24) is 15.5 Å². The maximum absolute atomic E-state index is 4.38. The lowest BCUT2D eigenvalue weighted by Crippen LogP contribution is -2.39. The molecule has 19 heavy (non-hydrogen) atoms. The van der Waals surface area contributed by atoms with Gasteiger partial charge in [0.1, 0.15) is 0 Å². The molecular weight excluding hydrogens is 236 g/mol. The highest BCUT2D eigenvalue weighted by Gasteiger charge is 2.25. The third kappa shape index (κ3) is 3.66. The first kappa shape index (κ1) is 14.3. The number of aromatic nitrogens is 2. The number of anilines is 1. The van der Waals surface area contributed by atoms with Crippen molar-refractivity contribution < 1.29 is 0 Å². The normalized spacial score (nSPS) is 23.3. The lowest BCUT2D eigenvalue weighted by Gasteiger charge is -2.36. The predicted molar refractivity (Wildman–Crippen MR) is 79.2 cm³/mol. The first-order valence-corrected chi connectivity index (χ1v) is 7.48. The van der Waals surface area contributed by atoms with Crippen molar-refractivity contribution in [3.63, 3.8) is 0 Å². The van der Waals surface area contributed by atoms with E-state index in [0.29, 0.717) is 6.04 Å². The standard InChI is InChI=1S/C15H26N4/c1-4-16-11-13-9-10-15(18-17-13)19(3)14-8-6-5-7-12(14)2/h9-10,12,14,16H,4-8,11H2,1-3H3. The van der Waals surface area contributed by atoms with Gasteiger partial charge in [-0.15, -0.1) is 5.10 Å². The molecule has 106 valence electrons. The molecule has 1 aromatic heterocycles. The first-order valence-electron chi connectivity index (χ1n) is 7.48. The predicted octanol–water partition coefficient (Wildman–Crippen LogP) is 2.60. The zero-order chi connectivity index (χ0) is 13.7. The zero-order valence-corrected chi connectivity index (χ0v) is 12.4. The molecule has 0 aliphatic heterocycles. The molecule has 2 rings (SSSR count). The fraction of sp³-hybridized carbons (Fsp3) is 0.733. The van der Waals surface area contributed by atoms with Crippen LogP contribution in [-0.2, 0) is 6.54 Å². The number of nitrogens with zero attached hydrogens (tertiary/aromatic N) is 3. The summed E-state index contributed by atoms with van der Waals surface area (Å²) < 4.78 is 0. The van der Waals surface area contributed by atoms with Crippen molar-refractivity contribution in [2.75, 3.05) is 18.5 Å². The fourth-order valence-electron chi connectivity index (χ4n) is 2.93. The summed E-state index contributed by atoms with van der Waals surface area (Å²) in [6.07, 6.45) is 5.32. The molecule has 1 aliphatic rings. The number of nitrogens with one attached hydrogen (secondary N) is 1. The van der Waals surface area contributed by atoms with Crippen molar-refractivity contribution in [1.29, 1.82) is 0 Å². The highest BCUT2D eigenvalue weighted by molar-refractivity contribution is 5.38. The minimum absolute atomic E-state index is 0.614. The quantitative estimate of drug-likeness (QED) is 0.885. The summed E-state index contributed by atoms with van der Waals surface area (Å²) in [6.45, 7) is 6.21. The van der Waals surface area contributed by atoms with E-state index in [0.717, 1.165) is 30.5 Å². The summed E-state index contributed by atoms with van der Waals surface area (Å²) in [4.78, 5) is 2.31. The minimum atomic E-state index is 0.614. The van der Waals surface area contributed by atoms with Crippen molar-refractivity contribution in [3.8, 4) is 0 Å². The summed E-state index contributed by atoms with van der Waals surface area (Å²) >= 11 is 0. The van der Waals surface area contributed by atoms with E-state index in [1.54, 1.807) is 0 Å². The first-order chi connectivity index (χ1) is 9.22. The van der Waals surface area contributed by atoms with Crippen LogP contribution in [0.4, 0.5) is 5.82 Å². The molecular formula is C15H26N4. The van der Waals surface area contributed by atoms with Gasteiger partial charge in [-0.3, -0.25) is 0 Å². The van der Waals surface area contributed by atoms with Gasteiger partial charge >= 0.3 is 0 Å². The Kier molecular flexibility index (Phi) is 5.14.